The van der Waals surface area contributed by atoms with Crippen LogP contribution in [0.2, 0.25) is 0 Å². The normalized spacial score (nSPS) is 13.6. The fourth-order valence-electron chi connectivity index (χ4n) is 8.65. The molecular formula is C58H43N3. The van der Waals surface area contributed by atoms with Gasteiger partial charge in [-0.3, -0.25) is 0 Å². The second-order valence-corrected chi connectivity index (χ2v) is 15.6. The lowest BCUT2D eigenvalue weighted by Crippen LogP contribution is -2.06. The highest BCUT2D eigenvalue weighted by Gasteiger charge is 2.23. The third-order valence-corrected chi connectivity index (χ3v) is 11.5. The molecule has 1 aliphatic carbocycles. The van der Waals surface area contributed by atoms with E-state index in [1.54, 1.807) is 0 Å². The Kier molecular flexibility index (Phi) is 10.4. The number of nitrogens with zero attached hydrogens (tertiary/aromatic N) is 3. The summed E-state index contributed by atoms with van der Waals surface area (Å²) >= 11 is 0. The second-order valence-electron chi connectivity index (χ2n) is 15.6. The topological polar surface area (TPSA) is 38.7 Å². The zero-order valence-corrected chi connectivity index (χ0v) is 34.0. The molecule has 10 rings (SSSR count). The summed E-state index contributed by atoms with van der Waals surface area (Å²) in [6.07, 6.45) is 5.85. The molecule has 1 heterocycles. The van der Waals surface area contributed by atoms with Gasteiger partial charge in [0, 0.05) is 16.7 Å². The maximum absolute atomic E-state index is 4.97. The van der Waals surface area contributed by atoms with Crippen molar-refractivity contribution < 1.29 is 0 Å². The SMILES string of the molecule is CC1C=C(c2ccc(-c3ccc(-c4nc(-c5ccccc5)nc(-c5ccccc5)n4)cc3)c3ccccc23)C=C(C(=C(c2ccccc2)c2ccccc2)c2ccccc2)C1. The van der Waals surface area contributed by atoms with E-state index in [1.165, 1.54) is 60.9 Å². The molecule has 0 aliphatic heterocycles. The number of hydrogen-bond donors (Lipinski definition) is 0. The minimum atomic E-state index is 0.340. The molecule has 1 aromatic heterocycles. The highest BCUT2D eigenvalue weighted by atomic mass is 15.0. The zero-order chi connectivity index (χ0) is 41.0. The fourth-order valence-corrected chi connectivity index (χ4v) is 8.65. The van der Waals surface area contributed by atoms with Gasteiger partial charge in [0.15, 0.2) is 17.5 Å². The van der Waals surface area contributed by atoms with Crippen LogP contribution in [-0.4, -0.2) is 15.0 Å². The van der Waals surface area contributed by atoms with Crippen LogP contribution in [0.25, 0.3) is 72.8 Å². The van der Waals surface area contributed by atoms with Gasteiger partial charge in [-0.05, 0) is 78.8 Å². The van der Waals surface area contributed by atoms with Gasteiger partial charge in [0.25, 0.3) is 0 Å². The van der Waals surface area contributed by atoms with Crippen molar-refractivity contribution in [2.45, 2.75) is 13.3 Å². The first-order chi connectivity index (χ1) is 30.2. The van der Waals surface area contributed by atoms with Crippen LogP contribution >= 0.6 is 0 Å². The number of rotatable bonds is 9. The minimum Gasteiger partial charge on any atom is -0.208 e. The number of hydrogen-bond acceptors (Lipinski definition) is 3. The summed E-state index contributed by atoms with van der Waals surface area (Å²) in [6, 6.07) is 74.9. The molecule has 61 heavy (non-hydrogen) atoms. The summed E-state index contributed by atoms with van der Waals surface area (Å²) in [4.78, 5) is 14.8. The van der Waals surface area contributed by atoms with Gasteiger partial charge < -0.3 is 0 Å². The Bertz CT molecular complexity index is 2960. The van der Waals surface area contributed by atoms with E-state index in [0.717, 1.165) is 28.7 Å². The summed E-state index contributed by atoms with van der Waals surface area (Å²) in [6.45, 7) is 2.34. The van der Waals surface area contributed by atoms with Crippen LogP contribution in [0.4, 0.5) is 0 Å². The van der Waals surface area contributed by atoms with Gasteiger partial charge in [0.2, 0.25) is 0 Å². The molecule has 0 spiro atoms. The van der Waals surface area contributed by atoms with Crippen molar-refractivity contribution in [2.24, 2.45) is 5.92 Å². The molecule has 0 saturated heterocycles. The van der Waals surface area contributed by atoms with Crippen LogP contribution < -0.4 is 0 Å². The third-order valence-electron chi connectivity index (χ3n) is 11.5. The van der Waals surface area contributed by atoms with Crippen molar-refractivity contribution in [3.63, 3.8) is 0 Å². The Morgan fingerprint density at radius 1 is 0.377 bits per heavy atom. The van der Waals surface area contributed by atoms with Gasteiger partial charge in [-0.25, -0.2) is 15.0 Å². The average molecular weight is 782 g/mol. The average Bonchev–Trinajstić information content (AvgIpc) is 3.34. The standard InChI is InChI=1S/C58H43N3/c1-40-37-48(39-49(38-40)55(44-23-11-4-12-24-44)54(42-19-7-2-8-20-42)43-21-9-3-10-22-43)51-36-35-50(52-29-17-18-30-53(51)52)41-31-33-47(34-32-41)58-60-56(45-25-13-5-14-26-45)59-57(61-58)46-27-15-6-16-28-46/h2-37,39-40H,38H2,1H3. The van der Waals surface area contributed by atoms with E-state index < -0.39 is 0 Å². The summed E-state index contributed by atoms with van der Waals surface area (Å²) < 4.78 is 0. The van der Waals surface area contributed by atoms with E-state index in [1.807, 2.05) is 60.7 Å². The van der Waals surface area contributed by atoms with Crippen molar-refractivity contribution in [1.29, 1.82) is 0 Å². The van der Waals surface area contributed by atoms with Crippen LogP contribution in [0, 0.1) is 5.92 Å². The van der Waals surface area contributed by atoms with Crippen molar-refractivity contribution in [1.82, 2.24) is 15.0 Å². The lowest BCUT2D eigenvalue weighted by Gasteiger charge is -2.26. The molecule has 9 aromatic rings. The molecule has 1 unspecified atom stereocenters. The maximum atomic E-state index is 4.97. The van der Waals surface area contributed by atoms with Crippen molar-refractivity contribution in [3.8, 4) is 45.3 Å². The Hall–Kier alpha value is -7.75. The summed E-state index contributed by atoms with van der Waals surface area (Å²) in [5, 5.41) is 2.45. The molecule has 0 bridgehead atoms. The highest BCUT2D eigenvalue weighted by Crippen LogP contribution is 2.44. The first kappa shape index (κ1) is 37.5. The van der Waals surface area contributed by atoms with Gasteiger partial charge in [-0.1, -0.05) is 231 Å². The van der Waals surface area contributed by atoms with E-state index in [2.05, 4.69) is 171 Å². The number of allylic oxidation sites excluding steroid dienone is 5. The Balaban J connectivity index is 1.06. The lowest BCUT2D eigenvalue weighted by molar-refractivity contribution is 0.724. The monoisotopic (exact) mass is 781 g/mol. The summed E-state index contributed by atoms with van der Waals surface area (Å²) in [5.41, 5.74) is 15.2. The molecule has 0 radical (unpaired) electrons. The Morgan fingerprint density at radius 3 is 1.25 bits per heavy atom. The molecule has 3 heteroatoms. The molecule has 0 saturated carbocycles. The molecule has 0 N–H and O–H groups in total. The van der Waals surface area contributed by atoms with Crippen molar-refractivity contribution in [2.75, 3.05) is 0 Å². The first-order valence-corrected chi connectivity index (χ1v) is 21.0. The second kappa shape index (κ2) is 16.8. The molecule has 1 atom stereocenters. The van der Waals surface area contributed by atoms with Gasteiger partial charge in [0.05, 0.1) is 0 Å². The smallest absolute Gasteiger partial charge is 0.164 e. The number of benzene rings is 8. The third kappa shape index (κ3) is 7.78. The van der Waals surface area contributed by atoms with Gasteiger partial charge in [-0.2, -0.15) is 0 Å². The number of aromatic nitrogens is 3. The molecule has 1 aliphatic rings. The predicted molar refractivity (Wildman–Crippen MR) is 254 cm³/mol. The van der Waals surface area contributed by atoms with Crippen LogP contribution in [0.15, 0.2) is 230 Å². The largest absolute Gasteiger partial charge is 0.208 e. The Labute approximate surface area is 357 Å². The van der Waals surface area contributed by atoms with Gasteiger partial charge >= 0.3 is 0 Å². The summed E-state index contributed by atoms with van der Waals surface area (Å²) in [7, 11) is 0. The molecule has 0 fully saturated rings. The molecule has 3 nitrogen and oxygen atoms in total. The van der Waals surface area contributed by atoms with Gasteiger partial charge in [-0.15, -0.1) is 0 Å². The van der Waals surface area contributed by atoms with Gasteiger partial charge in [0.1, 0.15) is 0 Å². The minimum absolute atomic E-state index is 0.340. The van der Waals surface area contributed by atoms with Crippen LogP contribution in [0.1, 0.15) is 35.6 Å². The maximum Gasteiger partial charge on any atom is 0.164 e. The van der Waals surface area contributed by atoms with E-state index in [4.69, 9.17) is 15.0 Å². The lowest BCUT2D eigenvalue weighted by atomic mass is 9.78. The Morgan fingerprint density at radius 2 is 0.754 bits per heavy atom. The molecule has 8 aromatic carbocycles. The summed E-state index contributed by atoms with van der Waals surface area (Å²) in [5.74, 6) is 2.29. The molecule has 290 valence electrons. The first-order valence-electron chi connectivity index (χ1n) is 21.0. The van der Waals surface area contributed by atoms with E-state index >= 15 is 0 Å². The van der Waals surface area contributed by atoms with Crippen LogP contribution in [-0.2, 0) is 0 Å². The highest BCUT2D eigenvalue weighted by molar-refractivity contribution is 6.08. The van der Waals surface area contributed by atoms with Crippen molar-refractivity contribution in [3.05, 3.63) is 252 Å². The van der Waals surface area contributed by atoms with Crippen LogP contribution in [0.5, 0.6) is 0 Å². The zero-order valence-electron chi connectivity index (χ0n) is 34.0. The predicted octanol–water partition coefficient (Wildman–Crippen LogP) is 14.7. The van der Waals surface area contributed by atoms with E-state index in [9.17, 15) is 0 Å². The van der Waals surface area contributed by atoms with E-state index in [0.29, 0.717) is 23.4 Å². The fraction of sp³-hybridized carbons (Fsp3) is 0.0517. The molecular weight excluding hydrogens is 739 g/mol. The van der Waals surface area contributed by atoms with Crippen molar-refractivity contribution >= 4 is 27.5 Å². The van der Waals surface area contributed by atoms with Crippen LogP contribution in [0.3, 0.4) is 0 Å². The van der Waals surface area contributed by atoms with E-state index in [-0.39, 0.29) is 0 Å². The number of fused-ring (bicyclic) bond motifs is 1. The molecule has 0 amide bonds. The quantitative estimate of drug-likeness (QED) is 0.137.